The van der Waals surface area contributed by atoms with Crippen molar-refractivity contribution in [2.24, 2.45) is 7.05 Å². The molecule has 0 saturated carbocycles. The molecule has 0 fully saturated rings. The first-order valence-electron chi connectivity index (χ1n) is 7.54. The molecule has 10 heteroatoms. The topological polar surface area (TPSA) is 89.7 Å². The summed E-state index contributed by atoms with van der Waals surface area (Å²) in [4.78, 5) is 16.5. The molecule has 0 spiro atoms. The molecule has 3 aromatic heterocycles. The molecule has 26 heavy (non-hydrogen) atoms. The van der Waals surface area contributed by atoms with Crippen molar-refractivity contribution in [1.29, 1.82) is 0 Å². The molecule has 0 aliphatic carbocycles. The molecule has 3 heterocycles. The number of rotatable bonds is 6. The SMILES string of the molecule is CNC(C(=O)Nc1cnn(Cc2ccncc2)c1)c1cnn(C)c1.Cl.Cl. The summed E-state index contributed by atoms with van der Waals surface area (Å²) in [5, 5.41) is 14.2. The Morgan fingerprint density at radius 2 is 1.88 bits per heavy atom. The van der Waals surface area contributed by atoms with Gasteiger partial charge >= 0.3 is 0 Å². The van der Waals surface area contributed by atoms with Crippen LogP contribution in [0.2, 0.25) is 0 Å². The number of aryl methyl sites for hydroxylation is 1. The number of carbonyl (C=O) groups is 1. The summed E-state index contributed by atoms with van der Waals surface area (Å²) in [6, 6.07) is 3.39. The average Bonchev–Trinajstić information content (AvgIpc) is 3.18. The van der Waals surface area contributed by atoms with E-state index in [4.69, 9.17) is 0 Å². The highest BCUT2D eigenvalue weighted by molar-refractivity contribution is 5.95. The smallest absolute Gasteiger partial charge is 0.246 e. The molecular weight excluding hydrogens is 377 g/mol. The van der Waals surface area contributed by atoms with Gasteiger partial charge < -0.3 is 10.6 Å². The molecule has 1 amide bonds. The van der Waals surface area contributed by atoms with Gasteiger partial charge in [-0.25, -0.2) is 0 Å². The zero-order valence-electron chi connectivity index (χ0n) is 14.4. The minimum Gasteiger partial charge on any atom is -0.322 e. The Morgan fingerprint density at radius 3 is 2.50 bits per heavy atom. The van der Waals surface area contributed by atoms with Gasteiger partial charge in [0, 0.05) is 37.4 Å². The van der Waals surface area contributed by atoms with Crippen molar-refractivity contribution in [3.8, 4) is 0 Å². The predicted molar refractivity (Wildman–Crippen MR) is 104 cm³/mol. The molecule has 3 rings (SSSR count). The Labute approximate surface area is 163 Å². The van der Waals surface area contributed by atoms with Crippen LogP contribution in [0.15, 0.2) is 49.3 Å². The number of likely N-dealkylation sites (N-methyl/N-ethyl adjacent to an activating group) is 1. The van der Waals surface area contributed by atoms with Gasteiger partial charge in [-0.15, -0.1) is 24.8 Å². The second kappa shape index (κ2) is 9.91. The van der Waals surface area contributed by atoms with Crippen LogP contribution in [0.3, 0.4) is 0 Å². The van der Waals surface area contributed by atoms with Crippen LogP contribution in [0, 0.1) is 0 Å². The van der Waals surface area contributed by atoms with Gasteiger partial charge in [0.1, 0.15) is 6.04 Å². The van der Waals surface area contributed by atoms with E-state index >= 15 is 0 Å². The van der Waals surface area contributed by atoms with Crippen molar-refractivity contribution in [2.75, 3.05) is 12.4 Å². The fraction of sp³-hybridized carbons (Fsp3) is 0.250. The predicted octanol–water partition coefficient (Wildman–Crippen LogP) is 1.80. The monoisotopic (exact) mass is 397 g/mol. The zero-order valence-corrected chi connectivity index (χ0v) is 16.0. The fourth-order valence-electron chi connectivity index (χ4n) is 2.44. The molecule has 0 aliphatic rings. The number of halogens is 2. The second-order valence-electron chi connectivity index (χ2n) is 5.44. The highest BCUT2D eigenvalue weighted by Crippen LogP contribution is 2.15. The molecule has 1 unspecified atom stereocenters. The molecule has 0 bridgehead atoms. The summed E-state index contributed by atoms with van der Waals surface area (Å²) in [5.74, 6) is -0.158. The quantitative estimate of drug-likeness (QED) is 0.661. The van der Waals surface area contributed by atoms with Crippen molar-refractivity contribution in [2.45, 2.75) is 12.6 Å². The van der Waals surface area contributed by atoms with E-state index in [2.05, 4.69) is 25.8 Å². The van der Waals surface area contributed by atoms with Crippen molar-refractivity contribution in [3.05, 3.63) is 60.4 Å². The Hall–Kier alpha value is -2.42. The van der Waals surface area contributed by atoms with Crippen LogP contribution in [-0.2, 0) is 18.4 Å². The molecule has 0 radical (unpaired) electrons. The van der Waals surface area contributed by atoms with Crippen molar-refractivity contribution in [1.82, 2.24) is 29.9 Å². The van der Waals surface area contributed by atoms with Crippen LogP contribution in [0.4, 0.5) is 5.69 Å². The molecule has 1 atom stereocenters. The first-order valence-corrected chi connectivity index (χ1v) is 7.54. The van der Waals surface area contributed by atoms with E-state index in [9.17, 15) is 4.79 Å². The summed E-state index contributed by atoms with van der Waals surface area (Å²) in [5.41, 5.74) is 2.55. The van der Waals surface area contributed by atoms with E-state index in [-0.39, 0.29) is 30.7 Å². The molecule has 140 valence electrons. The van der Waals surface area contributed by atoms with E-state index in [0.29, 0.717) is 12.2 Å². The highest BCUT2D eigenvalue weighted by Gasteiger charge is 2.20. The maximum Gasteiger partial charge on any atom is 0.246 e. The molecule has 2 N–H and O–H groups in total. The van der Waals surface area contributed by atoms with Crippen molar-refractivity contribution >= 4 is 36.4 Å². The summed E-state index contributed by atoms with van der Waals surface area (Å²) in [7, 11) is 3.56. The van der Waals surface area contributed by atoms with Crippen molar-refractivity contribution in [3.63, 3.8) is 0 Å². The number of nitrogens with one attached hydrogen (secondary N) is 2. The molecule has 3 aromatic rings. The maximum absolute atomic E-state index is 12.5. The number of anilines is 1. The lowest BCUT2D eigenvalue weighted by Crippen LogP contribution is -2.30. The normalized spacial score (nSPS) is 11.2. The number of pyridine rings is 1. The van der Waals surface area contributed by atoms with Gasteiger partial charge in [0.25, 0.3) is 0 Å². The van der Waals surface area contributed by atoms with Gasteiger partial charge in [-0.1, -0.05) is 0 Å². The number of nitrogens with zero attached hydrogens (tertiary/aromatic N) is 5. The third-order valence-corrected chi connectivity index (χ3v) is 3.60. The first kappa shape index (κ1) is 21.6. The third kappa shape index (κ3) is 5.29. The Bertz CT molecular complexity index is 819. The average molecular weight is 398 g/mol. The maximum atomic E-state index is 12.5. The number of hydrogen-bond acceptors (Lipinski definition) is 5. The van der Waals surface area contributed by atoms with Gasteiger partial charge in [-0.3, -0.25) is 19.1 Å². The van der Waals surface area contributed by atoms with Gasteiger partial charge in [0.2, 0.25) is 5.91 Å². The lowest BCUT2D eigenvalue weighted by Gasteiger charge is -2.13. The summed E-state index contributed by atoms with van der Waals surface area (Å²) in [6.07, 6.45) is 10.4. The van der Waals surface area contributed by atoms with Crippen LogP contribution in [0.25, 0.3) is 0 Å². The van der Waals surface area contributed by atoms with Crippen LogP contribution >= 0.6 is 24.8 Å². The molecule has 8 nitrogen and oxygen atoms in total. The van der Waals surface area contributed by atoms with Crippen molar-refractivity contribution < 1.29 is 4.79 Å². The zero-order chi connectivity index (χ0) is 16.9. The summed E-state index contributed by atoms with van der Waals surface area (Å²) in [6.45, 7) is 0.621. The summed E-state index contributed by atoms with van der Waals surface area (Å²) >= 11 is 0. The van der Waals surface area contributed by atoms with Crippen LogP contribution in [-0.4, -0.2) is 37.5 Å². The first-order chi connectivity index (χ1) is 11.7. The number of aromatic nitrogens is 5. The van der Waals surface area contributed by atoms with E-state index in [1.165, 1.54) is 0 Å². The number of carbonyl (C=O) groups excluding carboxylic acids is 1. The lowest BCUT2D eigenvalue weighted by atomic mass is 10.1. The minimum absolute atomic E-state index is 0. The fourth-order valence-corrected chi connectivity index (χ4v) is 2.44. The van der Waals surface area contributed by atoms with Gasteiger partial charge in [0.15, 0.2) is 0 Å². The van der Waals surface area contributed by atoms with Crippen LogP contribution < -0.4 is 10.6 Å². The van der Waals surface area contributed by atoms with E-state index < -0.39 is 6.04 Å². The van der Waals surface area contributed by atoms with Gasteiger partial charge in [-0.2, -0.15) is 10.2 Å². The standard InChI is InChI=1S/C16H19N7O.2ClH/c1-17-15(13-7-19-22(2)10-13)16(24)21-14-8-20-23(11-14)9-12-3-5-18-6-4-12;;/h3-8,10-11,15,17H,9H2,1-2H3,(H,21,24);2*1H. The lowest BCUT2D eigenvalue weighted by molar-refractivity contribution is -0.118. The van der Waals surface area contributed by atoms with Crippen LogP contribution in [0.1, 0.15) is 17.2 Å². The Kier molecular flexibility index (Phi) is 8.24. The Balaban J connectivity index is 0.00000169. The molecule has 0 aromatic carbocycles. The largest absolute Gasteiger partial charge is 0.322 e. The van der Waals surface area contributed by atoms with Gasteiger partial charge in [0.05, 0.1) is 24.6 Å². The second-order valence-corrected chi connectivity index (χ2v) is 5.44. The Morgan fingerprint density at radius 1 is 1.15 bits per heavy atom. The van der Waals surface area contributed by atoms with E-state index in [1.54, 1.807) is 47.4 Å². The minimum atomic E-state index is -0.470. The highest BCUT2D eigenvalue weighted by atomic mass is 35.5. The van der Waals surface area contributed by atoms with Crippen LogP contribution in [0.5, 0.6) is 0 Å². The van der Waals surface area contributed by atoms with E-state index in [1.807, 2.05) is 25.4 Å². The molecular formula is C16H21Cl2N7O. The number of amides is 1. The molecule has 0 saturated heterocycles. The number of hydrogen-bond donors (Lipinski definition) is 2. The summed E-state index contributed by atoms with van der Waals surface area (Å²) < 4.78 is 3.43. The molecule has 0 aliphatic heterocycles. The third-order valence-electron chi connectivity index (χ3n) is 3.60. The van der Waals surface area contributed by atoms with E-state index in [0.717, 1.165) is 11.1 Å². The van der Waals surface area contributed by atoms with Gasteiger partial charge in [-0.05, 0) is 24.7 Å².